The van der Waals surface area contributed by atoms with Crippen LogP contribution in [0.2, 0.25) is 0 Å². The summed E-state index contributed by atoms with van der Waals surface area (Å²) in [5, 5.41) is 2.97. The number of rotatable bonds is 5. The van der Waals surface area contributed by atoms with Crippen LogP contribution >= 0.6 is 0 Å². The van der Waals surface area contributed by atoms with Crippen LogP contribution in [0.25, 0.3) is 0 Å². The molecule has 0 aromatic carbocycles. The van der Waals surface area contributed by atoms with Gasteiger partial charge in [0.05, 0.1) is 18.3 Å². The molecule has 1 aromatic heterocycles. The van der Waals surface area contributed by atoms with Crippen LogP contribution in [0.3, 0.4) is 0 Å². The van der Waals surface area contributed by atoms with Crippen molar-refractivity contribution in [3.63, 3.8) is 0 Å². The minimum atomic E-state index is -0.309. The zero-order valence-electron chi connectivity index (χ0n) is 15.3. The minimum Gasteiger partial charge on any atom is -0.381 e. The number of amides is 1. The molecule has 4 rings (SSSR count). The van der Waals surface area contributed by atoms with Gasteiger partial charge in [-0.05, 0) is 56.2 Å². The standard InChI is InChI=1S/C20H29N3O3/c24-20(22-12-17-3-1-2-7-21-17)18-11-16-4-8-23(14-19(16)26-18)13-15-5-9-25-10-6-15/h1-3,7,15-16,18-19H,4-6,8-14H2,(H,22,24)/t16-,18+,19-/m0/s1. The molecule has 26 heavy (non-hydrogen) atoms. The van der Waals surface area contributed by atoms with E-state index in [1.807, 2.05) is 18.2 Å². The van der Waals surface area contributed by atoms with E-state index in [-0.39, 0.29) is 18.1 Å². The molecule has 0 bridgehead atoms. The van der Waals surface area contributed by atoms with E-state index in [0.29, 0.717) is 12.5 Å². The van der Waals surface area contributed by atoms with Gasteiger partial charge in [-0.15, -0.1) is 0 Å². The molecule has 4 heterocycles. The van der Waals surface area contributed by atoms with Gasteiger partial charge >= 0.3 is 0 Å². The first kappa shape index (κ1) is 17.9. The minimum absolute atomic E-state index is 0.000956. The molecule has 0 radical (unpaired) electrons. The van der Waals surface area contributed by atoms with Crippen molar-refractivity contribution in [3.8, 4) is 0 Å². The molecule has 6 nitrogen and oxygen atoms in total. The molecule has 1 amide bonds. The number of hydrogen-bond acceptors (Lipinski definition) is 5. The zero-order chi connectivity index (χ0) is 17.8. The van der Waals surface area contributed by atoms with Gasteiger partial charge in [0, 0.05) is 32.5 Å². The van der Waals surface area contributed by atoms with E-state index in [1.165, 1.54) is 12.8 Å². The van der Waals surface area contributed by atoms with Crippen LogP contribution in [-0.2, 0) is 20.8 Å². The van der Waals surface area contributed by atoms with Crippen molar-refractivity contribution in [2.24, 2.45) is 11.8 Å². The molecule has 142 valence electrons. The summed E-state index contributed by atoms with van der Waals surface area (Å²) in [7, 11) is 0. The average molecular weight is 359 g/mol. The number of nitrogens with zero attached hydrogens (tertiary/aromatic N) is 2. The van der Waals surface area contributed by atoms with E-state index in [2.05, 4.69) is 15.2 Å². The van der Waals surface area contributed by atoms with Crippen LogP contribution in [-0.4, -0.2) is 60.8 Å². The van der Waals surface area contributed by atoms with E-state index < -0.39 is 0 Å². The number of aromatic nitrogens is 1. The first-order chi connectivity index (χ1) is 12.8. The summed E-state index contributed by atoms with van der Waals surface area (Å²) in [6.07, 6.45) is 5.97. The number of pyridine rings is 1. The summed E-state index contributed by atoms with van der Waals surface area (Å²) in [5.41, 5.74) is 0.874. The molecule has 1 aromatic rings. The molecular weight excluding hydrogens is 330 g/mol. The largest absolute Gasteiger partial charge is 0.381 e. The van der Waals surface area contributed by atoms with Crippen LogP contribution in [0, 0.1) is 11.8 Å². The highest BCUT2D eigenvalue weighted by molar-refractivity contribution is 5.81. The lowest BCUT2D eigenvalue weighted by atomic mass is 9.90. The average Bonchev–Trinajstić information content (AvgIpc) is 3.11. The van der Waals surface area contributed by atoms with Gasteiger partial charge < -0.3 is 19.7 Å². The number of carbonyl (C=O) groups is 1. The summed E-state index contributed by atoms with van der Waals surface area (Å²) in [5.74, 6) is 1.27. The fraction of sp³-hybridized carbons (Fsp3) is 0.700. The molecule has 3 fully saturated rings. The Labute approximate surface area is 155 Å². The lowest BCUT2D eigenvalue weighted by molar-refractivity contribution is -0.133. The van der Waals surface area contributed by atoms with Crippen molar-refractivity contribution in [2.45, 2.75) is 44.4 Å². The predicted molar refractivity (Wildman–Crippen MR) is 97.5 cm³/mol. The van der Waals surface area contributed by atoms with E-state index in [0.717, 1.165) is 57.3 Å². The van der Waals surface area contributed by atoms with Crippen LogP contribution in [0.4, 0.5) is 0 Å². The summed E-state index contributed by atoms with van der Waals surface area (Å²) in [6.45, 7) is 5.51. The topological polar surface area (TPSA) is 63.7 Å². The van der Waals surface area contributed by atoms with Crippen molar-refractivity contribution in [2.75, 3.05) is 32.8 Å². The highest BCUT2D eigenvalue weighted by atomic mass is 16.5. The SMILES string of the molecule is O=C(NCc1ccccn1)[C@H]1C[C@@H]2CCN(CC3CCOCC3)C[C@@H]2O1. The Hall–Kier alpha value is -1.50. The van der Waals surface area contributed by atoms with Gasteiger partial charge in [0.15, 0.2) is 0 Å². The number of piperidine rings is 1. The predicted octanol–water partition coefficient (Wildman–Crippen LogP) is 1.60. The Kier molecular flexibility index (Phi) is 5.82. The lowest BCUT2D eigenvalue weighted by Gasteiger charge is -2.36. The van der Waals surface area contributed by atoms with Crippen LogP contribution < -0.4 is 5.32 Å². The van der Waals surface area contributed by atoms with Gasteiger partial charge in [-0.25, -0.2) is 0 Å². The number of likely N-dealkylation sites (tertiary alicyclic amines) is 1. The third-order valence-electron chi connectivity index (χ3n) is 5.96. The second kappa shape index (κ2) is 8.46. The van der Waals surface area contributed by atoms with Crippen molar-refractivity contribution < 1.29 is 14.3 Å². The number of ether oxygens (including phenoxy) is 2. The molecule has 0 aliphatic carbocycles. The quantitative estimate of drug-likeness (QED) is 0.865. The van der Waals surface area contributed by atoms with Gasteiger partial charge in [0.1, 0.15) is 6.10 Å². The van der Waals surface area contributed by atoms with Crippen molar-refractivity contribution in [1.82, 2.24) is 15.2 Å². The molecule has 0 spiro atoms. The highest BCUT2D eigenvalue weighted by Crippen LogP contribution is 2.34. The fourth-order valence-electron chi connectivity index (χ4n) is 4.42. The molecule has 0 unspecified atom stereocenters. The lowest BCUT2D eigenvalue weighted by Crippen LogP contribution is -2.45. The molecule has 0 saturated carbocycles. The molecule has 3 atom stereocenters. The zero-order valence-corrected chi connectivity index (χ0v) is 15.3. The molecular formula is C20H29N3O3. The van der Waals surface area contributed by atoms with Crippen LogP contribution in [0.1, 0.15) is 31.4 Å². The van der Waals surface area contributed by atoms with E-state index >= 15 is 0 Å². The third kappa shape index (κ3) is 4.42. The Morgan fingerprint density at radius 2 is 2.15 bits per heavy atom. The first-order valence-corrected chi connectivity index (χ1v) is 9.91. The molecule has 6 heteroatoms. The molecule has 3 aliphatic rings. The van der Waals surface area contributed by atoms with Gasteiger partial charge in [-0.1, -0.05) is 6.07 Å². The second-order valence-electron chi connectivity index (χ2n) is 7.80. The molecule has 3 saturated heterocycles. The molecule has 1 N–H and O–H groups in total. The summed E-state index contributed by atoms with van der Waals surface area (Å²) >= 11 is 0. The Morgan fingerprint density at radius 3 is 2.96 bits per heavy atom. The molecule has 3 aliphatic heterocycles. The Balaban J connectivity index is 1.24. The number of carbonyl (C=O) groups excluding carboxylic acids is 1. The van der Waals surface area contributed by atoms with E-state index in [4.69, 9.17) is 9.47 Å². The smallest absolute Gasteiger partial charge is 0.249 e. The fourth-order valence-corrected chi connectivity index (χ4v) is 4.42. The summed E-state index contributed by atoms with van der Waals surface area (Å²) < 4.78 is 11.6. The maximum absolute atomic E-state index is 12.5. The van der Waals surface area contributed by atoms with Gasteiger partial charge in [0.25, 0.3) is 0 Å². The Bertz CT molecular complexity index is 591. The monoisotopic (exact) mass is 359 g/mol. The van der Waals surface area contributed by atoms with Crippen LogP contribution in [0.15, 0.2) is 24.4 Å². The Morgan fingerprint density at radius 1 is 1.27 bits per heavy atom. The van der Waals surface area contributed by atoms with Crippen molar-refractivity contribution >= 4 is 5.91 Å². The van der Waals surface area contributed by atoms with E-state index in [9.17, 15) is 4.79 Å². The third-order valence-corrected chi connectivity index (χ3v) is 5.96. The number of nitrogens with one attached hydrogen (secondary N) is 1. The first-order valence-electron chi connectivity index (χ1n) is 9.91. The van der Waals surface area contributed by atoms with Crippen LogP contribution in [0.5, 0.6) is 0 Å². The maximum Gasteiger partial charge on any atom is 0.249 e. The van der Waals surface area contributed by atoms with E-state index in [1.54, 1.807) is 6.20 Å². The maximum atomic E-state index is 12.5. The number of hydrogen-bond donors (Lipinski definition) is 1. The second-order valence-corrected chi connectivity index (χ2v) is 7.80. The van der Waals surface area contributed by atoms with Gasteiger partial charge in [-0.2, -0.15) is 0 Å². The summed E-state index contributed by atoms with van der Waals surface area (Å²) in [4.78, 5) is 19.2. The van der Waals surface area contributed by atoms with Gasteiger partial charge in [-0.3, -0.25) is 9.78 Å². The van der Waals surface area contributed by atoms with Crippen molar-refractivity contribution in [1.29, 1.82) is 0 Å². The normalized spacial score (nSPS) is 30.1. The number of fused-ring (bicyclic) bond motifs is 1. The van der Waals surface area contributed by atoms with Gasteiger partial charge in [0.2, 0.25) is 5.91 Å². The van der Waals surface area contributed by atoms with Crippen molar-refractivity contribution in [3.05, 3.63) is 30.1 Å². The highest BCUT2D eigenvalue weighted by Gasteiger charge is 2.42. The summed E-state index contributed by atoms with van der Waals surface area (Å²) in [6, 6.07) is 5.73.